The predicted octanol–water partition coefficient (Wildman–Crippen LogP) is 3.82. The highest BCUT2D eigenvalue weighted by atomic mass is 16.6. The second kappa shape index (κ2) is 21.8. The zero-order chi connectivity index (χ0) is 18.4. The van der Waals surface area contributed by atoms with E-state index in [-0.39, 0.29) is 6.61 Å². The van der Waals surface area contributed by atoms with Crippen molar-refractivity contribution in [2.75, 3.05) is 59.5 Å². The van der Waals surface area contributed by atoms with Gasteiger partial charge in [-0.3, -0.25) is 0 Å². The SMILES string of the molecule is CCCCC(C)CCCCCCOCCOCCOCCOCCO. The van der Waals surface area contributed by atoms with Crippen molar-refractivity contribution in [3.8, 4) is 0 Å². The average Bonchev–Trinajstić information content (AvgIpc) is 2.62. The van der Waals surface area contributed by atoms with Crippen molar-refractivity contribution >= 4 is 0 Å². The van der Waals surface area contributed by atoms with Gasteiger partial charge in [-0.25, -0.2) is 0 Å². The quantitative estimate of drug-likeness (QED) is 0.315. The van der Waals surface area contributed by atoms with Crippen LogP contribution in [0.25, 0.3) is 0 Å². The predicted molar refractivity (Wildman–Crippen MR) is 102 cm³/mol. The maximum absolute atomic E-state index is 8.53. The molecule has 0 spiro atoms. The van der Waals surface area contributed by atoms with Crippen LogP contribution in [-0.4, -0.2) is 64.6 Å². The molecule has 152 valence electrons. The highest BCUT2D eigenvalue weighted by molar-refractivity contribution is 4.54. The molecule has 1 atom stereocenters. The van der Waals surface area contributed by atoms with Crippen LogP contribution in [0.5, 0.6) is 0 Å². The van der Waals surface area contributed by atoms with Crippen LogP contribution in [0.4, 0.5) is 0 Å². The summed E-state index contributed by atoms with van der Waals surface area (Å²) in [6.45, 7) is 9.41. The summed E-state index contributed by atoms with van der Waals surface area (Å²) in [6, 6.07) is 0. The van der Waals surface area contributed by atoms with Crippen LogP contribution in [0.3, 0.4) is 0 Å². The van der Waals surface area contributed by atoms with Gasteiger partial charge in [0.2, 0.25) is 0 Å². The molecule has 0 aromatic carbocycles. The fraction of sp³-hybridized carbons (Fsp3) is 1.00. The standard InChI is InChI=1S/C20H42O5/c1-3-4-9-20(2)10-7-5-6-8-12-22-14-16-24-18-19-25-17-15-23-13-11-21/h20-21H,3-19H2,1-2H3. The van der Waals surface area contributed by atoms with Crippen LogP contribution in [0.2, 0.25) is 0 Å². The number of ether oxygens (including phenoxy) is 4. The lowest BCUT2D eigenvalue weighted by Crippen LogP contribution is -2.12. The van der Waals surface area contributed by atoms with Crippen LogP contribution in [0, 0.1) is 5.92 Å². The van der Waals surface area contributed by atoms with Crippen molar-refractivity contribution in [1.82, 2.24) is 0 Å². The lowest BCUT2D eigenvalue weighted by molar-refractivity contribution is -0.00577. The Balaban J connectivity index is 3.03. The first-order valence-corrected chi connectivity index (χ1v) is 10.2. The van der Waals surface area contributed by atoms with Crippen LogP contribution < -0.4 is 0 Å². The topological polar surface area (TPSA) is 57.2 Å². The molecule has 5 nitrogen and oxygen atoms in total. The number of hydrogen-bond donors (Lipinski definition) is 1. The maximum atomic E-state index is 8.53. The summed E-state index contributed by atoms with van der Waals surface area (Å²) in [5, 5.41) is 8.53. The molecule has 5 heteroatoms. The Morgan fingerprint density at radius 3 is 1.64 bits per heavy atom. The Labute approximate surface area is 155 Å². The van der Waals surface area contributed by atoms with E-state index in [0.29, 0.717) is 46.2 Å². The van der Waals surface area contributed by atoms with Gasteiger partial charge in [0.1, 0.15) is 0 Å². The molecule has 0 aliphatic rings. The van der Waals surface area contributed by atoms with Crippen molar-refractivity contribution in [2.24, 2.45) is 5.92 Å². The Bertz CT molecular complexity index is 238. The van der Waals surface area contributed by atoms with Gasteiger partial charge >= 0.3 is 0 Å². The Kier molecular flexibility index (Phi) is 21.7. The molecular weight excluding hydrogens is 320 g/mol. The van der Waals surface area contributed by atoms with Gasteiger partial charge in [-0.05, 0) is 12.3 Å². The zero-order valence-electron chi connectivity index (χ0n) is 16.7. The molecule has 1 N–H and O–H groups in total. The molecule has 0 heterocycles. The molecule has 0 amide bonds. The number of rotatable bonds is 21. The molecule has 0 aromatic heterocycles. The minimum atomic E-state index is 0.0569. The molecule has 0 saturated carbocycles. The van der Waals surface area contributed by atoms with Crippen molar-refractivity contribution in [3.05, 3.63) is 0 Å². The minimum absolute atomic E-state index is 0.0569. The number of unbranched alkanes of at least 4 members (excludes halogenated alkanes) is 4. The fourth-order valence-corrected chi connectivity index (χ4v) is 2.57. The van der Waals surface area contributed by atoms with E-state index in [0.717, 1.165) is 18.9 Å². The summed E-state index contributed by atoms with van der Waals surface area (Å²) >= 11 is 0. The Hall–Kier alpha value is -0.200. The van der Waals surface area contributed by atoms with E-state index in [9.17, 15) is 0 Å². The summed E-state index contributed by atoms with van der Waals surface area (Å²) < 4.78 is 21.4. The molecule has 0 fully saturated rings. The van der Waals surface area contributed by atoms with E-state index in [2.05, 4.69) is 13.8 Å². The third-order valence-electron chi connectivity index (χ3n) is 4.14. The van der Waals surface area contributed by atoms with E-state index in [1.165, 1.54) is 44.9 Å². The van der Waals surface area contributed by atoms with Crippen molar-refractivity contribution in [1.29, 1.82) is 0 Å². The van der Waals surface area contributed by atoms with E-state index in [1.807, 2.05) is 0 Å². The summed E-state index contributed by atoms with van der Waals surface area (Å²) in [7, 11) is 0. The first kappa shape index (κ1) is 24.8. The van der Waals surface area contributed by atoms with E-state index in [1.54, 1.807) is 0 Å². The summed E-state index contributed by atoms with van der Waals surface area (Å²) in [5.74, 6) is 0.894. The summed E-state index contributed by atoms with van der Waals surface area (Å²) in [5.41, 5.74) is 0. The van der Waals surface area contributed by atoms with Gasteiger partial charge in [-0.2, -0.15) is 0 Å². The summed E-state index contributed by atoms with van der Waals surface area (Å²) in [6.07, 6.45) is 10.6. The van der Waals surface area contributed by atoms with Gasteiger partial charge < -0.3 is 24.1 Å². The van der Waals surface area contributed by atoms with E-state index < -0.39 is 0 Å². The third-order valence-corrected chi connectivity index (χ3v) is 4.14. The largest absolute Gasteiger partial charge is 0.394 e. The molecular formula is C20H42O5. The lowest BCUT2D eigenvalue weighted by atomic mass is 9.97. The Morgan fingerprint density at radius 2 is 1.08 bits per heavy atom. The normalized spacial score (nSPS) is 12.6. The molecule has 0 saturated heterocycles. The molecule has 0 aromatic rings. The molecule has 0 rings (SSSR count). The van der Waals surface area contributed by atoms with Crippen molar-refractivity contribution < 1.29 is 24.1 Å². The first-order valence-electron chi connectivity index (χ1n) is 10.2. The van der Waals surface area contributed by atoms with Crippen LogP contribution >= 0.6 is 0 Å². The fourth-order valence-electron chi connectivity index (χ4n) is 2.57. The maximum Gasteiger partial charge on any atom is 0.0701 e. The lowest BCUT2D eigenvalue weighted by Gasteiger charge is -2.10. The molecule has 0 aliphatic carbocycles. The number of hydrogen-bond acceptors (Lipinski definition) is 5. The third kappa shape index (κ3) is 21.8. The van der Waals surface area contributed by atoms with Gasteiger partial charge in [0.05, 0.1) is 52.9 Å². The minimum Gasteiger partial charge on any atom is -0.394 e. The Morgan fingerprint density at radius 1 is 0.600 bits per heavy atom. The molecule has 0 aliphatic heterocycles. The monoisotopic (exact) mass is 362 g/mol. The number of aliphatic hydroxyl groups excluding tert-OH is 1. The van der Waals surface area contributed by atoms with Crippen molar-refractivity contribution in [2.45, 2.75) is 65.2 Å². The van der Waals surface area contributed by atoms with E-state index in [4.69, 9.17) is 24.1 Å². The first-order chi connectivity index (χ1) is 12.3. The van der Waals surface area contributed by atoms with Crippen LogP contribution in [0.1, 0.15) is 65.2 Å². The highest BCUT2D eigenvalue weighted by Crippen LogP contribution is 2.16. The molecule has 25 heavy (non-hydrogen) atoms. The second-order valence-electron chi connectivity index (χ2n) is 6.62. The van der Waals surface area contributed by atoms with Gasteiger partial charge in [0.15, 0.2) is 0 Å². The molecule has 0 bridgehead atoms. The van der Waals surface area contributed by atoms with Crippen molar-refractivity contribution in [3.63, 3.8) is 0 Å². The van der Waals surface area contributed by atoms with Gasteiger partial charge in [0, 0.05) is 6.61 Å². The molecule has 1 unspecified atom stereocenters. The highest BCUT2D eigenvalue weighted by Gasteiger charge is 2.01. The zero-order valence-corrected chi connectivity index (χ0v) is 16.7. The van der Waals surface area contributed by atoms with Crippen LogP contribution in [-0.2, 0) is 18.9 Å². The second-order valence-corrected chi connectivity index (χ2v) is 6.62. The summed E-state index contributed by atoms with van der Waals surface area (Å²) in [4.78, 5) is 0. The van der Waals surface area contributed by atoms with E-state index >= 15 is 0 Å². The van der Waals surface area contributed by atoms with Gasteiger partial charge in [-0.1, -0.05) is 58.8 Å². The van der Waals surface area contributed by atoms with Crippen LogP contribution in [0.15, 0.2) is 0 Å². The smallest absolute Gasteiger partial charge is 0.0701 e. The number of aliphatic hydroxyl groups is 1. The average molecular weight is 363 g/mol. The molecule has 0 radical (unpaired) electrons. The van der Waals surface area contributed by atoms with Gasteiger partial charge in [-0.15, -0.1) is 0 Å². The van der Waals surface area contributed by atoms with Gasteiger partial charge in [0.25, 0.3) is 0 Å².